The van der Waals surface area contributed by atoms with Crippen molar-refractivity contribution in [1.29, 1.82) is 0 Å². The van der Waals surface area contributed by atoms with Crippen molar-refractivity contribution in [3.8, 4) is 0 Å². The molecule has 31 heavy (non-hydrogen) atoms. The number of likely N-dealkylation sites (tertiary alicyclic amines) is 1. The van der Waals surface area contributed by atoms with Crippen LogP contribution in [0.15, 0.2) is 53.4 Å². The number of sulfonamides is 1. The molecule has 0 atom stereocenters. The quantitative estimate of drug-likeness (QED) is 0.715. The molecule has 2 heterocycles. The molecule has 0 spiro atoms. The summed E-state index contributed by atoms with van der Waals surface area (Å²) in [6.45, 7) is 2.75. The smallest absolute Gasteiger partial charge is 0.251 e. The molecule has 0 aliphatic carbocycles. The highest BCUT2D eigenvalue weighted by Crippen LogP contribution is 2.21. The van der Waals surface area contributed by atoms with Crippen LogP contribution in [0, 0.1) is 0 Å². The number of benzene rings is 2. The normalized spacial score (nSPS) is 17.3. The fraction of sp³-hybridized carbons (Fsp3) is 0.391. The number of hydrogen-bond donors (Lipinski definition) is 1. The topological polar surface area (TPSA) is 86.8 Å². The van der Waals surface area contributed by atoms with E-state index in [-0.39, 0.29) is 16.7 Å². The molecule has 0 saturated carbocycles. The maximum atomic E-state index is 12.6. The average molecular weight is 442 g/mol. The van der Waals surface area contributed by atoms with Gasteiger partial charge in [-0.3, -0.25) is 9.59 Å². The molecule has 0 unspecified atom stereocenters. The van der Waals surface area contributed by atoms with E-state index in [1.165, 1.54) is 16.4 Å². The summed E-state index contributed by atoms with van der Waals surface area (Å²) in [6.07, 6.45) is 3.25. The van der Waals surface area contributed by atoms with Crippen LogP contribution in [0.3, 0.4) is 0 Å². The van der Waals surface area contributed by atoms with Gasteiger partial charge in [0.1, 0.15) is 0 Å². The average Bonchev–Trinajstić information content (AvgIpc) is 3.46. The Morgan fingerprint density at radius 3 is 2.23 bits per heavy atom. The third kappa shape index (κ3) is 4.80. The van der Waals surface area contributed by atoms with Crippen LogP contribution in [0.25, 0.3) is 0 Å². The molecular weight excluding hydrogens is 414 g/mol. The Bertz CT molecular complexity index is 1060. The first-order valence-electron chi connectivity index (χ1n) is 10.7. The summed E-state index contributed by atoms with van der Waals surface area (Å²) >= 11 is 0. The monoisotopic (exact) mass is 441 g/mol. The van der Waals surface area contributed by atoms with Crippen LogP contribution in [-0.2, 0) is 27.9 Å². The number of carbonyl (C=O) groups excluding carboxylic acids is 2. The molecule has 0 bridgehead atoms. The Kier molecular flexibility index (Phi) is 6.38. The Balaban J connectivity index is 1.40. The standard InChI is InChI=1S/C23H27N3O4S/c27-22-8-5-13-25(22)17-20-7-2-1-6-19(20)16-24-23(28)18-9-11-21(12-10-18)31(29,30)26-14-3-4-15-26/h1-2,6-7,9-12H,3-5,8,13-17H2,(H,24,28). The van der Waals surface area contributed by atoms with E-state index in [1.807, 2.05) is 29.2 Å². The number of nitrogens with one attached hydrogen (secondary N) is 1. The molecule has 0 aromatic heterocycles. The third-order valence-electron chi connectivity index (χ3n) is 5.91. The second-order valence-electron chi connectivity index (χ2n) is 8.01. The van der Waals surface area contributed by atoms with Gasteiger partial charge in [-0.2, -0.15) is 4.31 Å². The van der Waals surface area contributed by atoms with Crippen molar-refractivity contribution in [1.82, 2.24) is 14.5 Å². The van der Waals surface area contributed by atoms with Gasteiger partial charge in [-0.25, -0.2) is 8.42 Å². The van der Waals surface area contributed by atoms with Crippen molar-refractivity contribution in [2.24, 2.45) is 0 Å². The van der Waals surface area contributed by atoms with Gasteiger partial charge < -0.3 is 10.2 Å². The lowest BCUT2D eigenvalue weighted by Crippen LogP contribution is -2.28. The van der Waals surface area contributed by atoms with Crippen molar-refractivity contribution >= 4 is 21.8 Å². The van der Waals surface area contributed by atoms with Gasteiger partial charge >= 0.3 is 0 Å². The Morgan fingerprint density at radius 2 is 1.58 bits per heavy atom. The number of hydrogen-bond acceptors (Lipinski definition) is 4. The van der Waals surface area contributed by atoms with E-state index in [0.717, 1.165) is 36.9 Å². The van der Waals surface area contributed by atoms with Gasteiger partial charge in [-0.1, -0.05) is 24.3 Å². The maximum absolute atomic E-state index is 12.6. The van der Waals surface area contributed by atoms with Crippen LogP contribution in [0.2, 0.25) is 0 Å². The highest BCUT2D eigenvalue weighted by molar-refractivity contribution is 7.89. The molecule has 2 fully saturated rings. The molecule has 164 valence electrons. The molecule has 7 nitrogen and oxygen atoms in total. The summed E-state index contributed by atoms with van der Waals surface area (Å²) in [6, 6.07) is 13.9. The zero-order valence-corrected chi connectivity index (χ0v) is 18.2. The molecule has 8 heteroatoms. The van der Waals surface area contributed by atoms with Gasteiger partial charge in [0.05, 0.1) is 4.90 Å². The molecule has 1 N–H and O–H groups in total. The summed E-state index contributed by atoms with van der Waals surface area (Å²) in [5.74, 6) is -0.0972. The minimum Gasteiger partial charge on any atom is -0.348 e. The van der Waals surface area contributed by atoms with Gasteiger partial charge in [0.2, 0.25) is 15.9 Å². The molecule has 2 saturated heterocycles. The zero-order chi connectivity index (χ0) is 21.8. The number of carbonyl (C=O) groups is 2. The lowest BCUT2D eigenvalue weighted by molar-refractivity contribution is -0.128. The molecule has 2 aromatic rings. The predicted octanol–water partition coefficient (Wildman–Crippen LogP) is 2.52. The summed E-state index contributed by atoms with van der Waals surface area (Å²) in [4.78, 5) is 26.6. The lowest BCUT2D eigenvalue weighted by atomic mass is 10.1. The molecule has 2 aromatic carbocycles. The lowest BCUT2D eigenvalue weighted by Gasteiger charge is -2.18. The molecule has 4 rings (SSSR count). The summed E-state index contributed by atoms with van der Waals surface area (Å²) in [5.41, 5.74) is 2.39. The van der Waals surface area contributed by atoms with Crippen molar-refractivity contribution < 1.29 is 18.0 Å². The van der Waals surface area contributed by atoms with Gasteiger partial charge in [0, 0.05) is 44.7 Å². The molecule has 2 amide bonds. The van der Waals surface area contributed by atoms with Gasteiger partial charge in [0.25, 0.3) is 5.91 Å². The van der Waals surface area contributed by atoms with E-state index in [9.17, 15) is 18.0 Å². The molecule has 2 aliphatic heterocycles. The van der Waals surface area contributed by atoms with Gasteiger partial charge in [-0.05, 0) is 54.7 Å². The molecule has 0 radical (unpaired) electrons. The van der Waals surface area contributed by atoms with Crippen molar-refractivity contribution in [2.45, 2.75) is 43.7 Å². The Labute approximate surface area is 183 Å². The first-order chi connectivity index (χ1) is 14.9. The van der Waals surface area contributed by atoms with Gasteiger partial charge in [-0.15, -0.1) is 0 Å². The number of rotatable bonds is 7. The summed E-state index contributed by atoms with van der Waals surface area (Å²) < 4.78 is 26.7. The fourth-order valence-corrected chi connectivity index (χ4v) is 5.61. The van der Waals surface area contributed by atoms with E-state index >= 15 is 0 Å². The SMILES string of the molecule is O=C(NCc1ccccc1CN1CCCC1=O)c1ccc(S(=O)(=O)N2CCCC2)cc1. The first kappa shape index (κ1) is 21.5. The second kappa shape index (κ2) is 9.20. The Morgan fingerprint density at radius 1 is 0.903 bits per heavy atom. The summed E-state index contributed by atoms with van der Waals surface area (Å²) in [7, 11) is -3.49. The second-order valence-corrected chi connectivity index (χ2v) is 9.94. The van der Waals surface area contributed by atoms with E-state index in [1.54, 1.807) is 12.1 Å². The maximum Gasteiger partial charge on any atom is 0.251 e. The highest BCUT2D eigenvalue weighted by Gasteiger charge is 2.27. The minimum atomic E-state index is -3.49. The van der Waals surface area contributed by atoms with Crippen molar-refractivity contribution in [2.75, 3.05) is 19.6 Å². The summed E-state index contributed by atoms with van der Waals surface area (Å²) in [5, 5.41) is 2.90. The molecular formula is C23H27N3O4S. The zero-order valence-electron chi connectivity index (χ0n) is 17.4. The van der Waals surface area contributed by atoms with Crippen LogP contribution < -0.4 is 5.32 Å². The van der Waals surface area contributed by atoms with Crippen LogP contribution in [0.1, 0.15) is 47.2 Å². The number of amides is 2. The van der Waals surface area contributed by atoms with Crippen molar-refractivity contribution in [3.63, 3.8) is 0 Å². The van der Waals surface area contributed by atoms with E-state index in [0.29, 0.717) is 38.2 Å². The molecule has 2 aliphatic rings. The van der Waals surface area contributed by atoms with Crippen molar-refractivity contribution in [3.05, 3.63) is 65.2 Å². The Hall–Kier alpha value is -2.71. The van der Waals surface area contributed by atoms with E-state index in [4.69, 9.17) is 0 Å². The number of nitrogens with zero attached hydrogens (tertiary/aromatic N) is 2. The van der Waals surface area contributed by atoms with Crippen LogP contribution in [-0.4, -0.2) is 49.1 Å². The van der Waals surface area contributed by atoms with Crippen LogP contribution in [0.5, 0.6) is 0 Å². The first-order valence-corrected chi connectivity index (χ1v) is 12.1. The predicted molar refractivity (Wildman–Crippen MR) is 117 cm³/mol. The largest absolute Gasteiger partial charge is 0.348 e. The van der Waals surface area contributed by atoms with E-state index in [2.05, 4.69) is 5.32 Å². The minimum absolute atomic E-state index is 0.169. The van der Waals surface area contributed by atoms with Crippen LogP contribution in [0.4, 0.5) is 0 Å². The highest BCUT2D eigenvalue weighted by atomic mass is 32.2. The fourth-order valence-electron chi connectivity index (χ4n) is 4.09. The van der Waals surface area contributed by atoms with E-state index < -0.39 is 10.0 Å². The third-order valence-corrected chi connectivity index (χ3v) is 7.82. The van der Waals surface area contributed by atoms with Crippen LogP contribution >= 0.6 is 0 Å². The van der Waals surface area contributed by atoms with Gasteiger partial charge in [0.15, 0.2) is 0 Å².